The van der Waals surface area contributed by atoms with Crippen molar-refractivity contribution in [3.8, 4) is 11.5 Å². The van der Waals surface area contributed by atoms with Crippen LogP contribution in [0.1, 0.15) is 5.56 Å². The Hall–Kier alpha value is -2.59. The molecule has 0 aliphatic rings. The number of pyridine rings is 1. The topological polar surface area (TPSA) is 72.0 Å². The number of ether oxygens (including phenoxy) is 1. The quantitative estimate of drug-likeness (QED) is 0.567. The van der Waals surface area contributed by atoms with E-state index in [1.165, 1.54) is 0 Å². The molecule has 3 aromatic rings. The Morgan fingerprint density at radius 3 is 2.62 bits per heavy atom. The number of aromatic nitrogens is 1. The van der Waals surface area contributed by atoms with Crippen LogP contribution in [0.2, 0.25) is 5.02 Å². The number of benzene rings is 2. The standard InChI is InChI=1S/C16H12ClN3O/c17-14-8-11(5-6-13(14)16(18)19)21-12-4-3-10-2-1-7-20-15(10)9-12/h1-9H,(H3,18,19). The second kappa shape index (κ2) is 5.42. The van der Waals surface area contributed by atoms with E-state index in [1.807, 2.05) is 30.3 Å². The molecule has 1 heterocycles. The lowest BCUT2D eigenvalue weighted by atomic mass is 10.2. The zero-order valence-electron chi connectivity index (χ0n) is 11.0. The van der Waals surface area contributed by atoms with E-state index in [0.717, 1.165) is 10.9 Å². The molecule has 4 nitrogen and oxygen atoms in total. The van der Waals surface area contributed by atoms with Crippen molar-refractivity contribution in [2.45, 2.75) is 0 Å². The number of amidine groups is 1. The van der Waals surface area contributed by atoms with E-state index in [-0.39, 0.29) is 5.84 Å². The summed E-state index contributed by atoms with van der Waals surface area (Å²) in [6.45, 7) is 0. The molecule has 0 amide bonds. The van der Waals surface area contributed by atoms with Crippen molar-refractivity contribution in [2.75, 3.05) is 0 Å². The fourth-order valence-corrected chi connectivity index (χ4v) is 2.30. The van der Waals surface area contributed by atoms with E-state index >= 15 is 0 Å². The Kier molecular flexibility index (Phi) is 3.46. The first-order chi connectivity index (χ1) is 10.1. The van der Waals surface area contributed by atoms with Crippen LogP contribution in [0.3, 0.4) is 0 Å². The number of nitrogens with one attached hydrogen (secondary N) is 1. The van der Waals surface area contributed by atoms with Crippen molar-refractivity contribution in [1.29, 1.82) is 5.41 Å². The number of rotatable bonds is 3. The van der Waals surface area contributed by atoms with Gasteiger partial charge in [0.15, 0.2) is 0 Å². The highest BCUT2D eigenvalue weighted by molar-refractivity contribution is 6.34. The smallest absolute Gasteiger partial charge is 0.129 e. The van der Waals surface area contributed by atoms with Crippen molar-refractivity contribution in [1.82, 2.24) is 4.98 Å². The van der Waals surface area contributed by atoms with Gasteiger partial charge in [0.25, 0.3) is 0 Å². The summed E-state index contributed by atoms with van der Waals surface area (Å²) in [4.78, 5) is 4.29. The predicted octanol–water partition coefficient (Wildman–Crippen LogP) is 3.96. The van der Waals surface area contributed by atoms with Crippen LogP contribution >= 0.6 is 11.6 Å². The van der Waals surface area contributed by atoms with Gasteiger partial charge >= 0.3 is 0 Å². The molecule has 5 heteroatoms. The molecule has 0 aliphatic heterocycles. The lowest BCUT2D eigenvalue weighted by Gasteiger charge is -2.08. The number of nitrogens with two attached hydrogens (primary N) is 1. The normalized spacial score (nSPS) is 10.5. The molecule has 1 aromatic heterocycles. The first-order valence-electron chi connectivity index (χ1n) is 6.30. The molecule has 0 bridgehead atoms. The maximum absolute atomic E-state index is 7.40. The highest BCUT2D eigenvalue weighted by atomic mass is 35.5. The van der Waals surface area contributed by atoms with Gasteiger partial charge in [0.05, 0.1) is 10.5 Å². The van der Waals surface area contributed by atoms with E-state index in [2.05, 4.69) is 4.98 Å². The van der Waals surface area contributed by atoms with Gasteiger partial charge in [-0.3, -0.25) is 10.4 Å². The third-order valence-corrected chi connectivity index (χ3v) is 3.36. The number of nitrogens with zero attached hydrogens (tertiary/aromatic N) is 1. The number of nitrogen functional groups attached to an aromatic ring is 1. The molecular weight excluding hydrogens is 286 g/mol. The van der Waals surface area contributed by atoms with Crippen LogP contribution < -0.4 is 10.5 Å². The van der Waals surface area contributed by atoms with Crippen LogP contribution in [0.25, 0.3) is 10.9 Å². The average molecular weight is 298 g/mol. The van der Waals surface area contributed by atoms with Crippen LogP contribution in [0.15, 0.2) is 54.7 Å². The maximum Gasteiger partial charge on any atom is 0.129 e. The van der Waals surface area contributed by atoms with Crippen molar-refractivity contribution in [3.63, 3.8) is 0 Å². The highest BCUT2D eigenvalue weighted by Gasteiger charge is 2.06. The lowest BCUT2D eigenvalue weighted by Crippen LogP contribution is -2.11. The van der Waals surface area contributed by atoms with Gasteiger partial charge in [-0.05, 0) is 30.3 Å². The molecule has 0 radical (unpaired) electrons. The van der Waals surface area contributed by atoms with E-state index in [1.54, 1.807) is 24.4 Å². The summed E-state index contributed by atoms with van der Waals surface area (Å²) in [7, 11) is 0. The molecule has 0 atom stereocenters. The second-order valence-electron chi connectivity index (χ2n) is 4.52. The first-order valence-corrected chi connectivity index (χ1v) is 6.68. The summed E-state index contributed by atoms with van der Waals surface area (Å²) in [5.74, 6) is 1.19. The third-order valence-electron chi connectivity index (χ3n) is 3.04. The zero-order valence-corrected chi connectivity index (χ0v) is 11.8. The number of fused-ring (bicyclic) bond motifs is 1. The molecule has 0 spiro atoms. The molecule has 3 rings (SSSR count). The largest absolute Gasteiger partial charge is 0.457 e. The fraction of sp³-hybridized carbons (Fsp3) is 0. The number of hydrogen-bond donors (Lipinski definition) is 2. The van der Waals surface area contributed by atoms with Gasteiger partial charge in [0.1, 0.15) is 17.3 Å². The van der Waals surface area contributed by atoms with Gasteiger partial charge in [0.2, 0.25) is 0 Å². The molecule has 0 unspecified atom stereocenters. The van der Waals surface area contributed by atoms with Gasteiger partial charge in [0, 0.05) is 29.3 Å². The van der Waals surface area contributed by atoms with Crippen molar-refractivity contribution in [2.24, 2.45) is 5.73 Å². The van der Waals surface area contributed by atoms with Gasteiger partial charge in [-0.2, -0.15) is 0 Å². The minimum atomic E-state index is -0.0681. The molecule has 104 valence electrons. The summed E-state index contributed by atoms with van der Waals surface area (Å²) in [5, 5.41) is 8.84. The van der Waals surface area contributed by atoms with Gasteiger partial charge in [-0.1, -0.05) is 17.7 Å². The lowest BCUT2D eigenvalue weighted by molar-refractivity contribution is 0.483. The van der Waals surface area contributed by atoms with Crippen LogP contribution in [0, 0.1) is 5.41 Å². The molecule has 0 saturated carbocycles. The Balaban J connectivity index is 1.91. The summed E-state index contributed by atoms with van der Waals surface area (Å²) < 4.78 is 5.77. The summed E-state index contributed by atoms with van der Waals surface area (Å²) >= 11 is 6.07. The average Bonchev–Trinajstić information content (AvgIpc) is 2.47. The second-order valence-corrected chi connectivity index (χ2v) is 4.92. The third kappa shape index (κ3) is 2.80. The van der Waals surface area contributed by atoms with Crippen molar-refractivity contribution in [3.05, 3.63) is 65.3 Å². The Labute approximate surface area is 126 Å². The van der Waals surface area contributed by atoms with Crippen molar-refractivity contribution < 1.29 is 4.74 Å². The predicted molar refractivity (Wildman–Crippen MR) is 84.3 cm³/mol. The number of halogens is 1. The van der Waals surface area contributed by atoms with E-state index in [9.17, 15) is 0 Å². The summed E-state index contributed by atoms with van der Waals surface area (Å²) in [6, 6.07) is 14.6. The van der Waals surface area contributed by atoms with Crippen molar-refractivity contribution >= 4 is 28.3 Å². The first kappa shape index (κ1) is 13.4. The van der Waals surface area contributed by atoms with Gasteiger partial charge < -0.3 is 10.5 Å². The monoisotopic (exact) mass is 297 g/mol. The molecule has 0 saturated heterocycles. The van der Waals surface area contributed by atoms with E-state index in [0.29, 0.717) is 22.1 Å². The SMILES string of the molecule is N=C(N)c1ccc(Oc2ccc3cccnc3c2)cc1Cl. The molecule has 0 aliphatic carbocycles. The van der Waals surface area contributed by atoms with E-state index < -0.39 is 0 Å². The maximum atomic E-state index is 7.40. The minimum absolute atomic E-state index is 0.0681. The van der Waals surface area contributed by atoms with Crippen LogP contribution in [-0.2, 0) is 0 Å². The number of hydrogen-bond acceptors (Lipinski definition) is 3. The molecule has 0 fully saturated rings. The molecule has 2 aromatic carbocycles. The molecule has 21 heavy (non-hydrogen) atoms. The van der Waals surface area contributed by atoms with Crippen LogP contribution in [0.5, 0.6) is 11.5 Å². The molecular formula is C16H12ClN3O. The van der Waals surface area contributed by atoms with Crippen LogP contribution in [0.4, 0.5) is 0 Å². The Morgan fingerprint density at radius 1 is 1.10 bits per heavy atom. The van der Waals surface area contributed by atoms with Gasteiger partial charge in [-0.25, -0.2) is 0 Å². The molecule has 3 N–H and O–H groups in total. The Morgan fingerprint density at radius 2 is 1.86 bits per heavy atom. The van der Waals surface area contributed by atoms with Gasteiger partial charge in [-0.15, -0.1) is 0 Å². The summed E-state index contributed by atoms with van der Waals surface area (Å²) in [5.41, 5.74) is 6.78. The van der Waals surface area contributed by atoms with Crippen LogP contribution in [-0.4, -0.2) is 10.8 Å². The Bertz CT molecular complexity index is 833. The minimum Gasteiger partial charge on any atom is -0.457 e. The van der Waals surface area contributed by atoms with E-state index in [4.69, 9.17) is 27.5 Å². The summed E-state index contributed by atoms with van der Waals surface area (Å²) in [6.07, 6.45) is 1.74. The highest BCUT2D eigenvalue weighted by Crippen LogP contribution is 2.28. The zero-order chi connectivity index (χ0) is 14.8. The fourth-order valence-electron chi connectivity index (χ4n) is 2.02.